The second-order valence-corrected chi connectivity index (χ2v) is 3.67. The molecule has 2 nitrogen and oxygen atoms in total. The van der Waals surface area contributed by atoms with Gasteiger partial charge in [-0.1, -0.05) is 6.58 Å². The van der Waals surface area contributed by atoms with Crippen molar-refractivity contribution in [2.24, 2.45) is 7.05 Å². The summed E-state index contributed by atoms with van der Waals surface area (Å²) in [5, 5.41) is 0. The summed E-state index contributed by atoms with van der Waals surface area (Å²) < 4.78 is 7.46. The molecular weight excluding hydrogens is 174 g/mol. The first-order valence-corrected chi connectivity index (χ1v) is 4.69. The van der Waals surface area contributed by atoms with E-state index >= 15 is 0 Å². The van der Waals surface area contributed by atoms with Crippen LogP contribution in [-0.4, -0.2) is 7.11 Å². The molecule has 0 bridgehead atoms. The fourth-order valence-corrected chi connectivity index (χ4v) is 1.62. The molecule has 0 saturated heterocycles. The van der Waals surface area contributed by atoms with Crippen LogP contribution >= 0.6 is 0 Å². The van der Waals surface area contributed by atoms with Crippen molar-refractivity contribution in [2.45, 2.75) is 20.8 Å². The van der Waals surface area contributed by atoms with E-state index in [2.05, 4.69) is 31.1 Å². The fraction of sp³-hybridized carbons (Fsp3) is 0.417. The number of hydrogen-bond acceptors (Lipinski definition) is 1. The molecule has 0 unspecified atom stereocenters. The molecule has 0 N–H and O–H groups in total. The van der Waals surface area contributed by atoms with Gasteiger partial charge in [0.15, 0.2) is 11.4 Å². The average molecular weight is 192 g/mol. The Labute approximate surface area is 85.8 Å². The summed E-state index contributed by atoms with van der Waals surface area (Å²) in [5.74, 6) is 0.892. The summed E-state index contributed by atoms with van der Waals surface area (Å²) in [4.78, 5) is 0. The highest BCUT2D eigenvalue weighted by Crippen LogP contribution is 2.23. The highest BCUT2D eigenvalue weighted by molar-refractivity contribution is 5.61. The van der Waals surface area contributed by atoms with Crippen LogP contribution in [0.2, 0.25) is 0 Å². The monoisotopic (exact) mass is 192 g/mol. The zero-order chi connectivity index (χ0) is 10.9. The Bertz CT molecular complexity index is 380. The van der Waals surface area contributed by atoms with Crippen molar-refractivity contribution in [3.8, 4) is 5.75 Å². The summed E-state index contributed by atoms with van der Waals surface area (Å²) in [7, 11) is 3.73. The maximum absolute atomic E-state index is 5.34. The van der Waals surface area contributed by atoms with Gasteiger partial charge in [0, 0.05) is 18.1 Å². The third-order valence-electron chi connectivity index (χ3n) is 2.61. The minimum absolute atomic E-state index is 0.892. The van der Waals surface area contributed by atoms with Gasteiger partial charge in [-0.15, -0.1) is 0 Å². The quantitative estimate of drug-likeness (QED) is 0.654. The Morgan fingerprint density at radius 1 is 1.43 bits per heavy atom. The largest absolute Gasteiger partial charge is 0.490 e. The van der Waals surface area contributed by atoms with Crippen molar-refractivity contribution in [3.05, 3.63) is 29.6 Å². The molecule has 0 atom stereocenters. The van der Waals surface area contributed by atoms with Crippen molar-refractivity contribution in [1.29, 1.82) is 0 Å². The molecule has 1 aromatic heterocycles. The molecule has 2 heteroatoms. The predicted octanol–water partition coefficient (Wildman–Crippen LogP) is 2.17. The van der Waals surface area contributed by atoms with Gasteiger partial charge >= 0.3 is 0 Å². The van der Waals surface area contributed by atoms with Crippen LogP contribution in [0.1, 0.15) is 23.9 Å². The smallest absolute Gasteiger partial charge is 0.249 e. The number of pyridine rings is 1. The highest BCUT2D eigenvalue weighted by Gasteiger charge is 2.19. The lowest BCUT2D eigenvalue weighted by molar-refractivity contribution is -0.680. The van der Waals surface area contributed by atoms with Crippen molar-refractivity contribution < 1.29 is 9.30 Å². The van der Waals surface area contributed by atoms with Gasteiger partial charge in [-0.05, 0) is 19.9 Å². The van der Waals surface area contributed by atoms with Gasteiger partial charge in [-0.3, -0.25) is 0 Å². The molecule has 0 aromatic carbocycles. The van der Waals surface area contributed by atoms with Gasteiger partial charge in [-0.2, -0.15) is 4.57 Å². The van der Waals surface area contributed by atoms with Crippen molar-refractivity contribution >= 4 is 5.57 Å². The molecule has 0 aliphatic carbocycles. The Morgan fingerprint density at radius 2 is 2.00 bits per heavy atom. The van der Waals surface area contributed by atoms with Crippen LogP contribution in [0.5, 0.6) is 5.75 Å². The number of methoxy groups -OCH3 is 1. The van der Waals surface area contributed by atoms with Gasteiger partial charge in [0.25, 0.3) is 0 Å². The lowest BCUT2D eigenvalue weighted by atomic mass is 10.1. The molecule has 0 aliphatic rings. The van der Waals surface area contributed by atoms with Crippen LogP contribution in [0.4, 0.5) is 0 Å². The second-order valence-electron chi connectivity index (χ2n) is 3.67. The van der Waals surface area contributed by atoms with Gasteiger partial charge in [0.05, 0.1) is 7.11 Å². The standard InChI is InChI=1S/C12H18NO/c1-8(2)12-11(14-6)7-9(3)10(4)13(12)5/h7H,1H2,2-6H3/q+1. The minimum atomic E-state index is 0.892. The molecule has 1 aromatic rings. The summed E-state index contributed by atoms with van der Waals surface area (Å²) in [6, 6.07) is 2.05. The zero-order valence-electron chi connectivity index (χ0n) is 9.64. The molecule has 0 amide bonds. The van der Waals surface area contributed by atoms with Crippen molar-refractivity contribution in [1.82, 2.24) is 0 Å². The van der Waals surface area contributed by atoms with E-state index in [1.807, 2.05) is 14.0 Å². The first-order chi connectivity index (χ1) is 6.49. The summed E-state index contributed by atoms with van der Waals surface area (Å²) in [6.45, 7) is 10.1. The molecule has 14 heavy (non-hydrogen) atoms. The Kier molecular flexibility index (Phi) is 2.94. The minimum Gasteiger partial charge on any atom is -0.490 e. The van der Waals surface area contributed by atoms with Gasteiger partial charge in [-0.25, -0.2) is 0 Å². The zero-order valence-corrected chi connectivity index (χ0v) is 9.64. The Morgan fingerprint density at radius 3 is 2.43 bits per heavy atom. The number of aryl methyl sites for hydroxylation is 1. The Hall–Kier alpha value is -1.31. The van der Waals surface area contributed by atoms with E-state index in [9.17, 15) is 0 Å². The molecule has 1 heterocycles. The van der Waals surface area contributed by atoms with Crippen LogP contribution in [0.3, 0.4) is 0 Å². The van der Waals surface area contributed by atoms with Crippen LogP contribution < -0.4 is 9.30 Å². The Balaban J connectivity index is 3.53. The molecule has 0 fully saturated rings. The van der Waals surface area contributed by atoms with Crippen molar-refractivity contribution in [3.63, 3.8) is 0 Å². The number of nitrogens with zero attached hydrogens (tertiary/aromatic N) is 1. The number of hydrogen-bond donors (Lipinski definition) is 0. The summed E-state index contributed by atoms with van der Waals surface area (Å²) in [6.07, 6.45) is 0. The van der Waals surface area contributed by atoms with E-state index in [0.29, 0.717) is 0 Å². The van der Waals surface area contributed by atoms with Gasteiger partial charge in [0.2, 0.25) is 5.69 Å². The molecule has 0 saturated carbocycles. The van der Waals surface area contributed by atoms with Gasteiger partial charge < -0.3 is 4.74 Å². The highest BCUT2D eigenvalue weighted by atomic mass is 16.5. The molecular formula is C12H18NO+. The van der Waals surface area contributed by atoms with Crippen LogP contribution in [-0.2, 0) is 7.05 Å². The lowest BCUT2D eigenvalue weighted by Crippen LogP contribution is -2.37. The van der Waals surface area contributed by atoms with Crippen LogP contribution in [0.25, 0.3) is 5.57 Å². The number of ether oxygens (including phenoxy) is 1. The molecule has 0 spiro atoms. The van der Waals surface area contributed by atoms with E-state index in [-0.39, 0.29) is 0 Å². The normalized spacial score (nSPS) is 10.1. The van der Waals surface area contributed by atoms with E-state index < -0.39 is 0 Å². The van der Waals surface area contributed by atoms with Crippen molar-refractivity contribution in [2.75, 3.05) is 7.11 Å². The SMILES string of the molecule is C=C(C)c1c(OC)cc(C)c(C)[n+]1C. The third-order valence-corrected chi connectivity index (χ3v) is 2.61. The van der Waals surface area contributed by atoms with E-state index in [1.54, 1.807) is 7.11 Å². The molecule has 76 valence electrons. The first kappa shape index (κ1) is 10.8. The molecule has 0 radical (unpaired) electrons. The van der Waals surface area contributed by atoms with E-state index in [1.165, 1.54) is 11.3 Å². The van der Waals surface area contributed by atoms with Crippen LogP contribution in [0, 0.1) is 13.8 Å². The summed E-state index contributed by atoms with van der Waals surface area (Å²) in [5.41, 5.74) is 4.56. The average Bonchev–Trinajstić information content (AvgIpc) is 2.12. The van der Waals surface area contributed by atoms with E-state index in [4.69, 9.17) is 4.74 Å². The number of rotatable bonds is 2. The maximum atomic E-state index is 5.34. The van der Waals surface area contributed by atoms with E-state index in [0.717, 1.165) is 17.0 Å². The summed E-state index contributed by atoms with van der Waals surface area (Å²) >= 11 is 0. The number of allylic oxidation sites excluding steroid dienone is 1. The topological polar surface area (TPSA) is 13.1 Å². The maximum Gasteiger partial charge on any atom is 0.249 e. The molecule has 0 aliphatic heterocycles. The third kappa shape index (κ3) is 1.65. The predicted molar refractivity (Wildman–Crippen MR) is 58.4 cm³/mol. The number of aromatic nitrogens is 1. The first-order valence-electron chi connectivity index (χ1n) is 4.69. The lowest BCUT2D eigenvalue weighted by Gasteiger charge is -2.09. The molecule has 1 rings (SSSR count). The van der Waals surface area contributed by atoms with Gasteiger partial charge in [0.1, 0.15) is 7.05 Å². The van der Waals surface area contributed by atoms with Crippen LogP contribution in [0.15, 0.2) is 12.6 Å². The fourth-order valence-electron chi connectivity index (χ4n) is 1.62. The second kappa shape index (κ2) is 3.82.